The Hall–Kier alpha value is -0.940. The number of carbonyl (C=O) groups excluding carboxylic acids is 2. The predicted octanol–water partition coefficient (Wildman–Crippen LogP) is 1.24. The number of amides is 1. The van der Waals surface area contributed by atoms with Gasteiger partial charge in [-0.2, -0.15) is 0 Å². The molecule has 0 fully saturated rings. The summed E-state index contributed by atoms with van der Waals surface area (Å²) in [7, 11) is 0. The van der Waals surface area contributed by atoms with Gasteiger partial charge in [-0.15, -0.1) is 0 Å². The van der Waals surface area contributed by atoms with Crippen LogP contribution in [-0.4, -0.2) is 40.5 Å². The highest BCUT2D eigenvalue weighted by molar-refractivity contribution is 5.94. The molecule has 0 aliphatic heterocycles. The fraction of sp³-hybridized carbons (Fsp3) is 0.867. The van der Waals surface area contributed by atoms with E-state index in [4.69, 9.17) is 0 Å². The van der Waals surface area contributed by atoms with Crippen LogP contribution in [0.15, 0.2) is 0 Å². The van der Waals surface area contributed by atoms with E-state index in [-0.39, 0.29) is 17.2 Å². The summed E-state index contributed by atoms with van der Waals surface area (Å²) in [5.41, 5.74) is -0.819. The molecule has 1 amide bonds. The van der Waals surface area contributed by atoms with Crippen LogP contribution in [0.5, 0.6) is 0 Å². The molecule has 0 heterocycles. The number of Topliss-reactive ketones (excluding diaryl/α,β-unsaturated/α-hetero) is 1. The van der Waals surface area contributed by atoms with Crippen LogP contribution in [0.3, 0.4) is 0 Å². The highest BCUT2D eigenvalue weighted by atomic mass is 16.3. The molecule has 0 aromatic carbocycles. The van der Waals surface area contributed by atoms with E-state index in [0.717, 1.165) is 0 Å². The third-order valence-corrected chi connectivity index (χ3v) is 2.84. The first kappa shape index (κ1) is 19.1. The van der Waals surface area contributed by atoms with Crippen molar-refractivity contribution in [3.8, 4) is 0 Å². The van der Waals surface area contributed by atoms with Crippen LogP contribution in [0, 0.1) is 5.41 Å². The van der Waals surface area contributed by atoms with E-state index in [9.17, 15) is 14.7 Å². The number of ketones is 1. The van der Waals surface area contributed by atoms with Crippen molar-refractivity contribution >= 4 is 11.7 Å². The molecule has 0 aromatic heterocycles. The van der Waals surface area contributed by atoms with Gasteiger partial charge >= 0.3 is 0 Å². The van der Waals surface area contributed by atoms with Gasteiger partial charge in [0, 0.05) is 11.0 Å². The molecule has 118 valence electrons. The number of hydrogen-bond donors (Lipinski definition) is 3. The van der Waals surface area contributed by atoms with Crippen molar-refractivity contribution in [3.63, 3.8) is 0 Å². The van der Waals surface area contributed by atoms with Crippen molar-refractivity contribution < 1.29 is 14.7 Å². The first-order valence-electron chi connectivity index (χ1n) is 7.06. The van der Waals surface area contributed by atoms with E-state index < -0.39 is 23.6 Å². The van der Waals surface area contributed by atoms with E-state index in [1.165, 1.54) is 6.92 Å². The number of rotatable bonds is 5. The molecule has 0 bridgehead atoms. The van der Waals surface area contributed by atoms with E-state index in [2.05, 4.69) is 10.6 Å². The van der Waals surface area contributed by atoms with E-state index in [1.54, 1.807) is 27.7 Å². The quantitative estimate of drug-likeness (QED) is 0.710. The Labute approximate surface area is 122 Å². The average Bonchev–Trinajstić information content (AvgIpc) is 2.20. The monoisotopic (exact) mass is 286 g/mol. The molecule has 0 aromatic rings. The van der Waals surface area contributed by atoms with E-state index in [1.807, 2.05) is 20.8 Å². The maximum atomic E-state index is 12.3. The van der Waals surface area contributed by atoms with E-state index in [0.29, 0.717) is 0 Å². The standard InChI is InChI=1S/C15H30N2O3/c1-9(17-15(6,7)8)13(20)16-11(10(2)18)12(19)14(3,4)5/h9-11,17-18H,1-8H3,(H,16,20). The van der Waals surface area contributed by atoms with Crippen LogP contribution >= 0.6 is 0 Å². The summed E-state index contributed by atoms with van der Waals surface area (Å²) in [4.78, 5) is 24.4. The molecular formula is C15H30N2O3. The molecule has 20 heavy (non-hydrogen) atoms. The van der Waals surface area contributed by atoms with Gasteiger partial charge in [-0.05, 0) is 34.6 Å². The minimum atomic E-state index is -0.924. The Kier molecular flexibility index (Phi) is 6.36. The Balaban J connectivity index is 4.86. The van der Waals surface area contributed by atoms with Crippen LogP contribution < -0.4 is 10.6 Å². The zero-order valence-electron chi connectivity index (χ0n) is 14.0. The van der Waals surface area contributed by atoms with Gasteiger partial charge in [0.05, 0.1) is 12.1 Å². The number of nitrogens with one attached hydrogen (secondary N) is 2. The van der Waals surface area contributed by atoms with Gasteiger partial charge in [0.15, 0.2) is 5.78 Å². The van der Waals surface area contributed by atoms with Crippen molar-refractivity contribution in [1.82, 2.24) is 10.6 Å². The average molecular weight is 286 g/mol. The molecule has 3 unspecified atom stereocenters. The molecule has 5 heteroatoms. The zero-order chi connectivity index (χ0) is 16.3. The Bertz CT molecular complexity index is 351. The van der Waals surface area contributed by atoms with Crippen LogP contribution in [0.4, 0.5) is 0 Å². The maximum absolute atomic E-state index is 12.3. The highest BCUT2D eigenvalue weighted by Gasteiger charge is 2.34. The third kappa shape index (κ3) is 6.48. The van der Waals surface area contributed by atoms with Gasteiger partial charge in [-0.25, -0.2) is 0 Å². The number of hydrogen-bond acceptors (Lipinski definition) is 4. The molecule has 3 atom stereocenters. The second kappa shape index (κ2) is 6.68. The highest BCUT2D eigenvalue weighted by Crippen LogP contribution is 2.18. The maximum Gasteiger partial charge on any atom is 0.237 e. The Morgan fingerprint density at radius 2 is 1.45 bits per heavy atom. The van der Waals surface area contributed by atoms with E-state index >= 15 is 0 Å². The fourth-order valence-electron chi connectivity index (χ4n) is 1.87. The lowest BCUT2D eigenvalue weighted by Crippen LogP contribution is -2.57. The predicted molar refractivity (Wildman–Crippen MR) is 80.4 cm³/mol. The molecule has 0 aliphatic rings. The zero-order valence-corrected chi connectivity index (χ0v) is 14.0. The lowest BCUT2D eigenvalue weighted by molar-refractivity contribution is -0.135. The number of aliphatic hydroxyl groups is 1. The second-order valence-corrected chi connectivity index (χ2v) is 7.46. The van der Waals surface area contributed by atoms with Gasteiger partial charge in [0.25, 0.3) is 0 Å². The summed E-state index contributed by atoms with van der Waals surface area (Å²) in [6, 6.07) is -1.32. The van der Waals surface area contributed by atoms with Gasteiger partial charge in [0.2, 0.25) is 5.91 Å². The van der Waals surface area contributed by atoms with Crippen molar-refractivity contribution in [2.45, 2.75) is 79.1 Å². The fourth-order valence-corrected chi connectivity index (χ4v) is 1.87. The minimum absolute atomic E-state index is 0.177. The minimum Gasteiger partial charge on any atom is -0.391 e. The summed E-state index contributed by atoms with van der Waals surface area (Å²) >= 11 is 0. The molecule has 0 spiro atoms. The molecule has 3 N–H and O–H groups in total. The first-order valence-corrected chi connectivity index (χ1v) is 7.06. The Morgan fingerprint density at radius 3 is 1.75 bits per heavy atom. The SMILES string of the molecule is CC(NC(C)(C)C)C(=O)NC(C(=O)C(C)(C)C)C(C)O. The summed E-state index contributed by atoms with van der Waals surface area (Å²) in [5.74, 6) is -0.466. The largest absolute Gasteiger partial charge is 0.391 e. The van der Waals surface area contributed by atoms with Gasteiger partial charge in [-0.3, -0.25) is 9.59 Å². The molecule has 0 radical (unpaired) electrons. The van der Waals surface area contributed by atoms with Gasteiger partial charge < -0.3 is 15.7 Å². The molecule has 5 nitrogen and oxygen atoms in total. The van der Waals surface area contributed by atoms with Crippen LogP contribution in [0.25, 0.3) is 0 Å². The normalized spacial score (nSPS) is 17.2. The topological polar surface area (TPSA) is 78.4 Å². The third-order valence-electron chi connectivity index (χ3n) is 2.84. The smallest absolute Gasteiger partial charge is 0.237 e. The van der Waals surface area contributed by atoms with Crippen LogP contribution in [0.2, 0.25) is 0 Å². The second-order valence-electron chi connectivity index (χ2n) is 7.46. The number of carbonyl (C=O) groups is 2. The molecule has 0 saturated heterocycles. The Morgan fingerprint density at radius 1 is 1.00 bits per heavy atom. The van der Waals surface area contributed by atoms with Gasteiger partial charge in [0.1, 0.15) is 6.04 Å². The summed E-state index contributed by atoms with van der Waals surface area (Å²) in [5, 5.41) is 15.5. The lowest BCUT2D eigenvalue weighted by atomic mass is 9.84. The van der Waals surface area contributed by atoms with Gasteiger partial charge in [-0.1, -0.05) is 20.8 Å². The molecule has 0 rings (SSSR count). The summed E-state index contributed by atoms with van der Waals surface area (Å²) in [6.45, 7) is 14.4. The first-order chi connectivity index (χ1) is 8.75. The lowest BCUT2D eigenvalue weighted by Gasteiger charge is -2.30. The number of aliphatic hydroxyl groups excluding tert-OH is 1. The van der Waals surface area contributed by atoms with Crippen LogP contribution in [0.1, 0.15) is 55.4 Å². The molecule has 0 aliphatic carbocycles. The van der Waals surface area contributed by atoms with Crippen LogP contribution in [-0.2, 0) is 9.59 Å². The van der Waals surface area contributed by atoms with Crippen molar-refractivity contribution in [3.05, 3.63) is 0 Å². The van der Waals surface area contributed by atoms with Crippen molar-refractivity contribution in [1.29, 1.82) is 0 Å². The summed E-state index contributed by atoms with van der Waals surface area (Å²) < 4.78 is 0. The summed E-state index contributed by atoms with van der Waals surface area (Å²) in [6.07, 6.45) is -0.924. The molecule has 0 saturated carbocycles. The molecular weight excluding hydrogens is 256 g/mol. The van der Waals surface area contributed by atoms with Crippen molar-refractivity contribution in [2.24, 2.45) is 5.41 Å². The van der Waals surface area contributed by atoms with Crippen molar-refractivity contribution in [2.75, 3.05) is 0 Å².